The lowest BCUT2D eigenvalue weighted by molar-refractivity contribution is -0.137. The fraction of sp³-hybridized carbons (Fsp3) is 0.579. The van der Waals surface area contributed by atoms with Gasteiger partial charge in [-0.1, -0.05) is 31.9 Å². The average molecular weight is 333 g/mol. The van der Waals surface area contributed by atoms with Crippen LogP contribution in [0, 0.1) is 11.8 Å². The van der Waals surface area contributed by atoms with Gasteiger partial charge >= 0.3 is 5.97 Å². The molecule has 0 heterocycles. The molecule has 132 valence electrons. The Kier molecular flexibility index (Phi) is 7.09. The van der Waals surface area contributed by atoms with E-state index in [1.54, 1.807) is 0 Å². The van der Waals surface area contributed by atoms with E-state index >= 15 is 0 Å². The fourth-order valence-corrected chi connectivity index (χ4v) is 3.14. The smallest absolute Gasteiger partial charge is 0.303 e. The van der Waals surface area contributed by atoms with Crippen molar-refractivity contribution in [2.45, 2.75) is 52.0 Å². The Morgan fingerprint density at radius 2 is 1.92 bits per heavy atom. The monoisotopic (exact) mass is 333 g/mol. The third kappa shape index (κ3) is 5.87. The second-order valence-electron chi connectivity index (χ2n) is 6.58. The third-order valence-corrected chi connectivity index (χ3v) is 4.64. The number of ether oxygens (including phenoxy) is 1. The van der Waals surface area contributed by atoms with Crippen LogP contribution in [0.4, 0.5) is 0 Å². The Morgan fingerprint density at radius 3 is 2.58 bits per heavy atom. The van der Waals surface area contributed by atoms with E-state index in [2.05, 4.69) is 12.2 Å². The van der Waals surface area contributed by atoms with Crippen LogP contribution in [0.15, 0.2) is 24.3 Å². The summed E-state index contributed by atoms with van der Waals surface area (Å²) in [6.45, 7) is 3.09. The van der Waals surface area contributed by atoms with Crippen LogP contribution in [0.25, 0.3) is 0 Å². The van der Waals surface area contributed by atoms with Crippen molar-refractivity contribution in [1.82, 2.24) is 5.32 Å². The number of hydrogen-bond donors (Lipinski definition) is 2. The molecule has 2 N–H and O–H groups in total. The highest BCUT2D eigenvalue weighted by Gasteiger charge is 2.27. The Labute approximate surface area is 143 Å². The fourth-order valence-electron chi connectivity index (χ4n) is 3.14. The first-order chi connectivity index (χ1) is 11.6. The zero-order valence-electron chi connectivity index (χ0n) is 14.3. The molecule has 1 fully saturated rings. The van der Waals surface area contributed by atoms with Gasteiger partial charge in [-0.15, -0.1) is 0 Å². The van der Waals surface area contributed by atoms with Gasteiger partial charge in [-0.3, -0.25) is 9.59 Å². The maximum atomic E-state index is 12.3. The second kappa shape index (κ2) is 9.30. The molecule has 1 aromatic rings. The lowest BCUT2D eigenvalue weighted by Crippen LogP contribution is -2.35. The highest BCUT2D eigenvalue weighted by Crippen LogP contribution is 2.29. The van der Waals surface area contributed by atoms with Crippen molar-refractivity contribution in [2.24, 2.45) is 11.8 Å². The quantitative estimate of drug-likeness (QED) is 0.715. The minimum absolute atomic E-state index is 0.115. The molecule has 2 unspecified atom stereocenters. The van der Waals surface area contributed by atoms with Crippen molar-refractivity contribution >= 4 is 11.9 Å². The van der Waals surface area contributed by atoms with Gasteiger partial charge in [0.1, 0.15) is 5.75 Å². The van der Waals surface area contributed by atoms with E-state index < -0.39 is 5.97 Å². The van der Waals surface area contributed by atoms with Gasteiger partial charge < -0.3 is 15.2 Å². The second-order valence-corrected chi connectivity index (χ2v) is 6.58. The van der Waals surface area contributed by atoms with Crippen LogP contribution >= 0.6 is 0 Å². The Hall–Kier alpha value is -2.04. The molecule has 1 amide bonds. The van der Waals surface area contributed by atoms with Gasteiger partial charge in [0.2, 0.25) is 5.91 Å². The molecule has 0 saturated heterocycles. The maximum absolute atomic E-state index is 12.3. The summed E-state index contributed by atoms with van der Waals surface area (Å²) in [4.78, 5) is 22.7. The van der Waals surface area contributed by atoms with Crippen molar-refractivity contribution in [3.8, 4) is 5.75 Å². The number of rotatable bonds is 8. The molecule has 1 aliphatic carbocycles. The predicted molar refractivity (Wildman–Crippen MR) is 91.8 cm³/mol. The van der Waals surface area contributed by atoms with E-state index in [1.165, 1.54) is 6.42 Å². The van der Waals surface area contributed by atoms with Gasteiger partial charge in [-0.25, -0.2) is 0 Å². The van der Waals surface area contributed by atoms with Crippen molar-refractivity contribution in [1.29, 1.82) is 0 Å². The van der Waals surface area contributed by atoms with Crippen molar-refractivity contribution < 1.29 is 19.4 Å². The highest BCUT2D eigenvalue weighted by atomic mass is 16.5. The third-order valence-electron chi connectivity index (χ3n) is 4.64. The number of aliphatic carboxylic acids is 1. The van der Waals surface area contributed by atoms with Crippen LogP contribution in [0.5, 0.6) is 5.75 Å². The van der Waals surface area contributed by atoms with Gasteiger partial charge in [0, 0.05) is 18.9 Å². The first-order valence-corrected chi connectivity index (χ1v) is 8.77. The summed E-state index contributed by atoms with van der Waals surface area (Å²) in [7, 11) is 0. The molecule has 1 aromatic carbocycles. The number of carbonyl (C=O) groups excluding carboxylic acids is 1. The zero-order valence-corrected chi connectivity index (χ0v) is 14.3. The van der Waals surface area contributed by atoms with Gasteiger partial charge in [-0.05, 0) is 42.9 Å². The van der Waals surface area contributed by atoms with Gasteiger partial charge in [-0.2, -0.15) is 0 Å². The largest absolute Gasteiger partial charge is 0.494 e. The molecule has 1 aliphatic rings. The van der Waals surface area contributed by atoms with Crippen LogP contribution in [0.2, 0.25) is 0 Å². The first-order valence-electron chi connectivity index (χ1n) is 8.77. The summed E-state index contributed by atoms with van der Waals surface area (Å²) >= 11 is 0. The average Bonchev–Trinajstić information content (AvgIpc) is 2.58. The molecule has 0 aliphatic heterocycles. The molecule has 2 rings (SSSR count). The minimum atomic E-state index is -0.808. The minimum Gasteiger partial charge on any atom is -0.494 e. The van der Waals surface area contributed by atoms with Crippen LogP contribution in [0.3, 0.4) is 0 Å². The van der Waals surface area contributed by atoms with Gasteiger partial charge in [0.05, 0.1) is 6.61 Å². The number of carbonyl (C=O) groups is 2. The number of hydrogen-bond acceptors (Lipinski definition) is 3. The SMILES string of the molecule is CC1CCCCC1C(=O)NCc1ccc(OCCCC(=O)O)cc1. The maximum Gasteiger partial charge on any atom is 0.303 e. The van der Waals surface area contributed by atoms with E-state index in [0.717, 1.165) is 30.6 Å². The standard InChI is InChI=1S/C19H27NO4/c1-14-5-2-3-6-17(14)19(23)20-13-15-8-10-16(11-9-15)24-12-4-7-18(21)22/h8-11,14,17H,2-7,12-13H2,1H3,(H,20,23)(H,21,22). The van der Waals surface area contributed by atoms with Crippen LogP contribution in [-0.4, -0.2) is 23.6 Å². The Morgan fingerprint density at radius 1 is 1.21 bits per heavy atom. The van der Waals surface area contributed by atoms with E-state index in [0.29, 0.717) is 25.5 Å². The molecule has 0 bridgehead atoms. The van der Waals surface area contributed by atoms with E-state index in [1.807, 2.05) is 24.3 Å². The van der Waals surface area contributed by atoms with E-state index in [4.69, 9.17) is 9.84 Å². The Balaban J connectivity index is 1.73. The van der Waals surface area contributed by atoms with Crippen LogP contribution < -0.4 is 10.1 Å². The van der Waals surface area contributed by atoms with Crippen molar-refractivity contribution in [2.75, 3.05) is 6.61 Å². The van der Waals surface area contributed by atoms with E-state index in [-0.39, 0.29) is 18.2 Å². The van der Waals surface area contributed by atoms with E-state index in [9.17, 15) is 9.59 Å². The molecular formula is C19H27NO4. The number of benzene rings is 1. The molecular weight excluding hydrogens is 306 g/mol. The summed E-state index contributed by atoms with van der Waals surface area (Å²) in [5.41, 5.74) is 1.03. The summed E-state index contributed by atoms with van der Waals surface area (Å²) in [6, 6.07) is 7.56. The topological polar surface area (TPSA) is 75.6 Å². The van der Waals surface area contributed by atoms with Crippen molar-refractivity contribution in [3.05, 3.63) is 29.8 Å². The normalized spacial score (nSPS) is 20.4. The summed E-state index contributed by atoms with van der Waals surface area (Å²) in [5.74, 6) is 0.695. The first kappa shape index (κ1) is 18.3. The van der Waals surface area contributed by atoms with Crippen LogP contribution in [-0.2, 0) is 16.1 Å². The molecule has 0 aromatic heterocycles. The molecule has 0 radical (unpaired) electrons. The molecule has 24 heavy (non-hydrogen) atoms. The molecule has 2 atom stereocenters. The number of nitrogens with one attached hydrogen (secondary N) is 1. The molecule has 1 saturated carbocycles. The number of carboxylic acid groups (broad SMARTS) is 1. The highest BCUT2D eigenvalue weighted by molar-refractivity contribution is 5.79. The lowest BCUT2D eigenvalue weighted by Gasteiger charge is -2.27. The lowest BCUT2D eigenvalue weighted by atomic mass is 9.80. The molecule has 0 spiro atoms. The van der Waals surface area contributed by atoms with Gasteiger partial charge in [0.15, 0.2) is 0 Å². The molecule has 5 heteroatoms. The molecule has 5 nitrogen and oxygen atoms in total. The van der Waals surface area contributed by atoms with Crippen LogP contribution in [0.1, 0.15) is 51.0 Å². The summed E-state index contributed by atoms with van der Waals surface area (Å²) < 4.78 is 5.50. The summed E-state index contributed by atoms with van der Waals surface area (Å²) in [5, 5.41) is 11.6. The zero-order chi connectivity index (χ0) is 17.4. The van der Waals surface area contributed by atoms with Gasteiger partial charge in [0.25, 0.3) is 0 Å². The van der Waals surface area contributed by atoms with Crippen molar-refractivity contribution in [3.63, 3.8) is 0 Å². The Bertz CT molecular complexity index is 541. The summed E-state index contributed by atoms with van der Waals surface area (Å²) in [6.07, 6.45) is 5.13. The number of carboxylic acids is 1. The number of amides is 1. The predicted octanol–water partition coefficient (Wildman–Crippen LogP) is 3.37.